The third-order valence-corrected chi connectivity index (χ3v) is 2.59. The Bertz CT molecular complexity index is 516. The maximum atomic E-state index is 10.8. The fourth-order valence-corrected chi connectivity index (χ4v) is 1.76. The molecule has 0 aliphatic heterocycles. The molecule has 1 heterocycles. The van der Waals surface area contributed by atoms with Crippen molar-refractivity contribution < 1.29 is 9.90 Å². The first-order valence-electron chi connectivity index (χ1n) is 4.11. The second kappa shape index (κ2) is 3.03. The molecular formula is C10H8ClNO2. The van der Waals surface area contributed by atoms with Gasteiger partial charge in [-0.2, -0.15) is 0 Å². The number of benzene rings is 1. The highest BCUT2D eigenvalue weighted by atomic mass is 35.5. The number of hydrogen-bond donors (Lipinski definition) is 2. The number of para-hydroxylation sites is 1. The Hall–Kier alpha value is -1.48. The first kappa shape index (κ1) is 9.09. The van der Waals surface area contributed by atoms with Crippen LogP contribution in [-0.2, 0) is 0 Å². The number of aryl methyl sites for hydroxylation is 1. The third-order valence-electron chi connectivity index (χ3n) is 2.19. The monoisotopic (exact) mass is 209 g/mol. The van der Waals surface area contributed by atoms with E-state index in [4.69, 9.17) is 16.7 Å². The lowest BCUT2D eigenvalue weighted by molar-refractivity contribution is 0.0692. The Balaban J connectivity index is 2.86. The number of carboxylic acid groups (broad SMARTS) is 1. The highest BCUT2D eigenvalue weighted by Gasteiger charge is 2.15. The summed E-state index contributed by atoms with van der Waals surface area (Å²) in [6.45, 7) is 1.90. The predicted octanol–water partition coefficient (Wildman–Crippen LogP) is 2.83. The standard InChI is InChI=1S/C10H8ClNO2/c1-5-3-2-4-6-7(11)9(10(13)14)12-8(5)6/h2-4,12H,1H3,(H,13,14). The fraction of sp³-hybridized carbons (Fsp3) is 0.100. The molecule has 2 N–H and O–H groups in total. The smallest absolute Gasteiger partial charge is 0.353 e. The van der Waals surface area contributed by atoms with Gasteiger partial charge >= 0.3 is 5.97 Å². The minimum absolute atomic E-state index is 0.0518. The lowest BCUT2D eigenvalue weighted by Crippen LogP contribution is -1.96. The molecule has 1 aromatic carbocycles. The van der Waals surface area contributed by atoms with Gasteiger partial charge in [0.05, 0.1) is 10.5 Å². The molecule has 72 valence electrons. The number of aromatic nitrogens is 1. The summed E-state index contributed by atoms with van der Waals surface area (Å²) in [5, 5.41) is 9.87. The number of fused-ring (bicyclic) bond motifs is 1. The molecule has 2 rings (SSSR count). The summed E-state index contributed by atoms with van der Waals surface area (Å²) in [5.74, 6) is -1.04. The van der Waals surface area contributed by atoms with Gasteiger partial charge in [0.1, 0.15) is 5.69 Å². The first-order chi connectivity index (χ1) is 6.61. The lowest BCUT2D eigenvalue weighted by Gasteiger charge is -1.93. The maximum absolute atomic E-state index is 10.8. The van der Waals surface area contributed by atoms with Gasteiger partial charge in [0, 0.05) is 5.39 Å². The first-order valence-corrected chi connectivity index (χ1v) is 4.49. The summed E-state index contributed by atoms with van der Waals surface area (Å²) < 4.78 is 0. The number of aromatic amines is 1. The average molecular weight is 210 g/mol. The number of carboxylic acids is 1. The number of halogens is 1. The second-order valence-electron chi connectivity index (χ2n) is 3.12. The quantitative estimate of drug-likeness (QED) is 0.759. The average Bonchev–Trinajstić information content (AvgIpc) is 2.46. The topological polar surface area (TPSA) is 53.1 Å². The van der Waals surface area contributed by atoms with E-state index in [2.05, 4.69) is 4.98 Å². The summed E-state index contributed by atoms with van der Waals surface area (Å²) in [6, 6.07) is 5.55. The third kappa shape index (κ3) is 1.17. The molecule has 0 amide bonds. The predicted molar refractivity (Wildman–Crippen MR) is 55.0 cm³/mol. The number of hydrogen-bond acceptors (Lipinski definition) is 1. The van der Waals surface area contributed by atoms with Gasteiger partial charge in [0.25, 0.3) is 0 Å². The van der Waals surface area contributed by atoms with Crippen LogP contribution in [0.1, 0.15) is 16.1 Å². The van der Waals surface area contributed by atoms with E-state index in [1.807, 2.05) is 19.1 Å². The zero-order valence-electron chi connectivity index (χ0n) is 7.47. The van der Waals surface area contributed by atoms with Gasteiger partial charge in [-0.15, -0.1) is 0 Å². The van der Waals surface area contributed by atoms with Crippen LogP contribution in [0.4, 0.5) is 0 Å². The van der Waals surface area contributed by atoms with Gasteiger partial charge in [0.2, 0.25) is 0 Å². The molecule has 0 spiro atoms. The molecule has 0 saturated carbocycles. The number of rotatable bonds is 1. The van der Waals surface area contributed by atoms with Crippen molar-refractivity contribution in [3.63, 3.8) is 0 Å². The fourth-order valence-electron chi connectivity index (χ4n) is 1.48. The normalized spacial score (nSPS) is 10.7. The van der Waals surface area contributed by atoms with E-state index >= 15 is 0 Å². The molecule has 0 aliphatic carbocycles. The number of carbonyl (C=O) groups is 1. The zero-order valence-corrected chi connectivity index (χ0v) is 8.22. The van der Waals surface area contributed by atoms with Crippen LogP contribution in [0.3, 0.4) is 0 Å². The Kier molecular flexibility index (Phi) is 1.97. The molecule has 0 atom stereocenters. The molecule has 1 aromatic heterocycles. The molecule has 14 heavy (non-hydrogen) atoms. The summed E-state index contributed by atoms with van der Waals surface area (Å²) in [5.41, 5.74) is 1.82. The molecule has 3 nitrogen and oxygen atoms in total. The molecular weight excluding hydrogens is 202 g/mol. The molecule has 0 bridgehead atoms. The Labute approximate surface area is 85.3 Å². The van der Waals surface area contributed by atoms with Gasteiger partial charge in [-0.05, 0) is 12.5 Å². The van der Waals surface area contributed by atoms with E-state index in [0.717, 1.165) is 16.5 Å². The van der Waals surface area contributed by atoms with E-state index in [1.165, 1.54) is 0 Å². The van der Waals surface area contributed by atoms with Gasteiger partial charge in [-0.3, -0.25) is 0 Å². The van der Waals surface area contributed by atoms with E-state index in [9.17, 15) is 4.79 Å². The van der Waals surface area contributed by atoms with E-state index < -0.39 is 5.97 Å². The van der Waals surface area contributed by atoms with Crippen molar-refractivity contribution in [2.45, 2.75) is 6.92 Å². The minimum atomic E-state index is -1.04. The van der Waals surface area contributed by atoms with Crippen molar-refractivity contribution in [3.05, 3.63) is 34.5 Å². The lowest BCUT2D eigenvalue weighted by atomic mass is 10.2. The summed E-state index contributed by atoms with van der Waals surface area (Å²) in [6.07, 6.45) is 0. The van der Waals surface area contributed by atoms with Crippen molar-refractivity contribution in [2.24, 2.45) is 0 Å². The van der Waals surface area contributed by atoms with Gasteiger partial charge < -0.3 is 10.1 Å². The van der Waals surface area contributed by atoms with Crippen molar-refractivity contribution in [3.8, 4) is 0 Å². The SMILES string of the molecule is Cc1cccc2c(Cl)c(C(=O)O)[nH]c12. The highest BCUT2D eigenvalue weighted by molar-refractivity contribution is 6.38. The van der Waals surface area contributed by atoms with E-state index in [1.54, 1.807) is 6.07 Å². The largest absolute Gasteiger partial charge is 0.477 e. The zero-order chi connectivity index (χ0) is 10.3. The number of nitrogens with one attached hydrogen (secondary N) is 1. The molecule has 0 radical (unpaired) electrons. The Morgan fingerprint density at radius 1 is 1.50 bits per heavy atom. The summed E-state index contributed by atoms with van der Waals surface area (Å²) >= 11 is 5.91. The molecule has 0 aliphatic rings. The van der Waals surface area contributed by atoms with Crippen molar-refractivity contribution in [1.82, 2.24) is 4.98 Å². The van der Waals surface area contributed by atoms with Crippen molar-refractivity contribution in [1.29, 1.82) is 0 Å². The Morgan fingerprint density at radius 3 is 2.79 bits per heavy atom. The molecule has 0 unspecified atom stereocenters. The summed E-state index contributed by atoms with van der Waals surface area (Å²) in [4.78, 5) is 13.6. The molecule has 0 saturated heterocycles. The van der Waals surface area contributed by atoms with E-state index in [-0.39, 0.29) is 10.7 Å². The van der Waals surface area contributed by atoms with E-state index in [0.29, 0.717) is 0 Å². The molecule has 0 fully saturated rings. The van der Waals surface area contributed by atoms with Crippen LogP contribution in [0.2, 0.25) is 5.02 Å². The summed E-state index contributed by atoms with van der Waals surface area (Å²) in [7, 11) is 0. The van der Waals surface area contributed by atoms with Gasteiger partial charge in [-0.25, -0.2) is 4.79 Å². The van der Waals surface area contributed by atoms with Crippen LogP contribution in [0.15, 0.2) is 18.2 Å². The van der Waals surface area contributed by atoms with Crippen LogP contribution in [0.25, 0.3) is 10.9 Å². The van der Waals surface area contributed by atoms with Gasteiger partial charge in [-0.1, -0.05) is 29.8 Å². The number of H-pyrrole nitrogens is 1. The van der Waals surface area contributed by atoms with Crippen molar-refractivity contribution in [2.75, 3.05) is 0 Å². The maximum Gasteiger partial charge on any atom is 0.353 e. The second-order valence-corrected chi connectivity index (χ2v) is 3.49. The van der Waals surface area contributed by atoms with Crippen molar-refractivity contribution >= 4 is 28.5 Å². The molecule has 4 heteroatoms. The van der Waals surface area contributed by atoms with Crippen LogP contribution in [-0.4, -0.2) is 16.1 Å². The van der Waals surface area contributed by atoms with Crippen LogP contribution >= 0.6 is 11.6 Å². The minimum Gasteiger partial charge on any atom is -0.477 e. The Morgan fingerprint density at radius 2 is 2.21 bits per heavy atom. The highest BCUT2D eigenvalue weighted by Crippen LogP contribution is 2.28. The van der Waals surface area contributed by atoms with Crippen LogP contribution in [0, 0.1) is 6.92 Å². The van der Waals surface area contributed by atoms with Crippen LogP contribution < -0.4 is 0 Å². The van der Waals surface area contributed by atoms with Crippen LogP contribution in [0.5, 0.6) is 0 Å². The number of aromatic carboxylic acids is 1. The molecule has 2 aromatic rings. The van der Waals surface area contributed by atoms with Gasteiger partial charge in [0.15, 0.2) is 0 Å².